The lowest BCUT2D eigenvalue weighted by molar-refractivity contribution is -0.540. The van der Waals surface area contributed by atoms with Crippen LogP contribution in [0.2, 0.25) is 0 Å². The standard InChI is InChI=1S/C5H12N3OS/c9-2-1-7-3-6-4-8(10)5-7/h6,9H,1-5H2/q+1. The predicted molar refractivity (Wildman–Crippen MR) is 39.2 cm³/mol. The molecule has 1 aliphatic heterocycles. The highest BCUT2D eigenvalue weighted by molar-refractivity contribution is 7.44. The van der Waals surface area contributed by atoms with Gasteiger partial charge in [-0.2, -0.15) is 0 Å². The minimum Gasteiger partial charge on any atom is -0.395 e. The Morgan fingerprint density at radius 2 is 2.50 bits per heavy atom. The van der Waals surface area contributed by atoms with Crippen molar-refractivity contribution in [3.8, 4) is 0 Å². The first-order chi connectivity index (χ1) is 4.83. The van der Waals surface area contributed by atoms with Crippen LogP contribution in [0.5, 0.6) is 0 Å². The second-order valence-electron chi connectivity index (χ2n) is 2.31. The van der Waals surface area contributed by atoms with Gasteiger partial charge in [-0.05, 0) is 0 Å². The molecule has 58 valence electrons. The highest BCUT2D eigenvalue weighted by Gasteiger charge is 2.16. The zero-order valence-corrected chi connectivity index (χ0v) is 6.60. The van der Waals surface area contributed by atoms with Gasteiger partial charge in [-0.25, -0.2) is 10.2 Å². The predicted octanol–water partition coefficient (Wildman–Crippen LogP) is -1.50. The lowest BCUT2D eigenvalue weighted by Crippen LogP contribution is -2.48. The largest absolute Gasteiger partial charge is 0.395 e. The van der Waals surface area contributed by atoms with Crippen molar-refractivity contribution in [1.29, 1.82) is 0 Å². The molecule has 0 radical (unpaired) electrons. The van der Waals surface area contributed by atoms with E-state index in [4.69, 9.17) is 17.5 Å². The molecule has 1 rings (SSSR count). The molecule has 0 aromatic carbocycles. The minimum absolute atomic E-state index is 0.199. The van der Waals surface area contributed by atoms with Crippen LogP contribution in [-0.2, 0) is 12.4 Å². The molecule has 0 aromatic heterocycles. The van der Waals surface area contributed by atoms with Crippen molar-refractivity contribution in [2.24, 2.45) is 0 Å². The van der Waals surface area contributed by atoms with Gasteiger partial charge in [0.15, 0.2) is 0 Å². The highest BCUT2D eigenvalue weighted by atomic mass is 32.1. The maximum atomic E-state index is 8.58. The van der Waals surface area contributed by atoms with Crippen LogP contribution in [0.3, 0.4) is 0 Å². The zero-order valence-electron chi connectivity index (χ0n) is 5.79. The second kappa shape index (κ2) is 3.92. The van der Waals surface area contributed by atoms with Gasteiger partial charge in [-0.1, -0.05) is 0 Å². The van der Waals surface area contributed by atoms with Gasteiger partial charge in [-0.15, -0.1) is 3.95 Å². The van der Waals surface area contributed by atoms with E-state index < -0.39 is 0 Å². The van der Waals surface area contributed by atoms with E-state index in [1.165, 1.54) is 0 Å². The minimum atomic E-state index is 0.199. The summed E-state index contributed by atoms with van der Waals surface area (Å²) in [6.07, 6.45) is 0. The summed E-state index contributed by atoms with van der Waals surface area (Å²) >= 11 is 4.93. The molecule has 1 saturated heterocycles. The lowest BCUT2D eigenvalue weighted by Gasteiger charge is -2.22. The van der Waals surface area contributed by atoms with Gasteiger partial charge in [0.05, 0.1) is 13.3 Å². The summed E-state index contributed by atoms with van der Waals surface area (Å²) in [5, 5.41) is 11.7. The molecule has 0 aliphatic carbocycles. The Bertz CT molecular complexity index is 128. The molecule has 0 spiro atoms. The number of aliphatic hydroxyl groups excluding tert-OH is 1. The van der Waals surface area contributed by atoms with Gasteiger partial charge in [0.25, 0.3) is 12.4 Å². The van der Waals surface area contributed by atoms with Crippen molar-refractivity contribution >= 4 is 12.4 Å². The number of nitrogens with zero attached hydrogens (tertiary/aromatic N) is 2. The molecule has 0 bridgehead atoms. The Labute approximate surface area is 65.6 Å². The van der Waals surface area contributed by atoms with Crippen LogP contribution in [0.15, 0.2) is 0 Å². The van der Waals surface area contributed by atoms with Crippen molar-refractivity contribution in [2.45, 2.75) is 0 Å². The van der Waals surface area contributed by atoms with E-state index >= 15 is 0 Å². The fourth-order valence-electron chi connectivity index (χ4n) is 0.947. The van der Waals surface area contributed by atoms with Gasteiger partial charge >= 0.3 is 0 Å². The highest BCUT2D eigenvalue weighted by Crippen LogP contribution is 1.89. The summed E-state index contributed by atoms with van der Waals surface area (Å²) in [7, 11) is 0. The fourth-order valence-corrected chi connectivity index (χ4v) is 1.20. The quantitative estimate of drug-likeness (QED) is 0.485. The van der Waals surface area contributed by atoms with Gasteiger partial charge in [0.2, 0.25) is 13.3 Å². The summed E-state index contributed by atoms with van der Waals surface area (Å²) in [4.78, 5) is 2.05. The average molecular weight is 162 g/mol. The molecule has 10 heavy (non-hydrogen) atoms. The Morgan fingerprint density at radius 1 is 1.70 bits per heavy atom. The summed E-state index contributed by atoms with van der Waals surface area (Å²) < 4.78 is 1.75. The number of nitrogens with one attached hydrogen (secondary N) is 1. The normalized spacial score (nSPS) is 21.5. The fraction of sp³-hybridized carbons (Fsp3) is 1.00. The van der Waals surface area contributed by atoms with E-state index in [-0.39, 0.29) is 6.61 Å². The summed E-state index contributed by atoms with van der Waals surface area (Å²) in [5.74, 6) is 0. The summed E-state index contributed by atoms with van der Waals surface area (Å²) in [6.45, 7) is 3.25. The van der Waals surface area contributed by atoms with E-state index in [9.17, 15) is 0 Å². The molecule has 0 unspecified atom stereocenters. The number of rotatable bonds is 2. The Morgan fingerprint density at radius 3 is 3.10 bits per heavy atom. The third kappa shape index (κ3) is 2.26. The second-order valence-corrected chi connectivity index (χ2v) is 2.82. The molecule has 0 saturated carbocycles. The van der Waals surface area contributed by atoms with Crippen LogP contribution in [0.25, 0.3) is 0 Å². The van der Waals surface area contributed by atoms with Crippen molar-refractivity contribution in [3.63, 3.8) is 0 Å². The topological polar surface area (TPSA) is 38.5 Å². The Hall–Kier alpha value is -0.100. The third-order valence-electron chi connectivity index (χ3n) is 1.40. The maximum absolute atomic E-state index is 8.58. The molecule has 5 heteroatoms. The number of hydrogen-bond donors (Lipinski definition) is 2. The molecule has 4 nitrogen and oxygen atoms in total. The van der Waals surface area contributed by atoms with Gasteiger partial charge in [-0.3, -0.25) is 0 Å². The monoisotopic (exact) mass is 162 g/mol. The van der Waals surface area contributed by atoms with Crippen LogP contribution in [0.4, 0.5) is 0 Å². The number of aliphatic hydroxyl groups is 1. The Kier molecular flexibility index (Phi) is 3.14. The zero-order chi connectivity index (χ0) is 7.40. The van der Waals surface area contributed by atoms with Crippen molar-refractivity contribution in [2.75, 3.05) is 33.2 Å². The van der Waals surface area contributed by atoms with E-state index in [2.05, 4.69) is 10.2 Å². The molecule has 2 N–H and O–H groups in total. The SMILES string of the molecule is OCCN1CNC[N+](=S)C1. The molecule has 1 aliphatic rings. The van der Waals surface area contributed by atoms with Gasteiger partial charge < -0.3 is 5.11 Å². The van der Waals surface area contributed by atoms with Crippen LogP contribution in [-0.4, -0.2) is 47.1 Å². The molecule has 1 heterocycles. The number of β-amino-alcohol motifs (C(OH)–C–C–N with tert-alkyl or cyclic N) is 1. The molecule has 1 fully saturated rings. The average Bonchev–Trinajstić information content (AvgIpc) is 1.88. The lowest BCUT2D eigenvalue weighted by atomic mass is 10.5. The van der Waals surface area contributed by atoms with Crippen LogP contribution < -0.4 is 5.32 Å². The molecule has 0 aromatic rings. The summed E-state index contributed by atoms with van der Waals surface area (Å²) in [5.41, 5.74) is 0. The summed E-state index contributed by atoms with van der Waals surface area (Å²) in [6, 6.07) is 0. The van der Waals surface area contributed by atoms with E-state index in [0.29, 0.717) is 6.54 Å². The number of hydrogen-bond acceptors (Lipinski definition) is 4. The van der Waals surface area contributed by atoms with Crippen LogP contribution >= 0.6 is 0 Å². The molecule has 0 amide bonds. The van der Waals surface area contributed by atoms with Crippen LogP contribution in [0.1, 0.15) is 0 Å². The van der Waals surface area contributed by atoms with Crippen molar-refractivity contribution in [3.05, 3.63) is 0 Å². The molecule has 0 atom stereocenters. The molecular weight excluding hydrogens is 150 g/mol. The Balaban J connectivity index is 2.25. The third-order valence-corrected chi connectivity index (χ3v) is 1.64. The van der Waals surface area contributed by atoms with Gasteiger partial charge in [0, 0.05) is 6.54 Å². The first-order valence-corrected chi connectivity index (χ1v) is 3.65. The first kappa shape index (κ1) is 8.00. The molecular formula is C5H12N3OS+. The maximum Gasteiger partial charge on any atom is 0.265 e. The van der Waals surface area contributed by atoms with Crippen molar-refractivity contribution in [1.82, 2.24) is 10.2 Å². The smallest absolute Gasteiger partial charge is 0.265 e. The van der Waals surface area contributed by atoms with Crippen molar-refractivity contribution < 1.29 is 9.05 Å². The van der Waals surface area contributed by atoms with Crippen LogP contribution in [0, 0.1) is 0 Å². The van der Waals surface area contributed by atoms with E-state index in [1.807, 2.05) is 0 Å². The van der Waals surface area contributed by atoms with E-state index in [1.54, 1.807) is 3.95 Å². The van der Waals surface area contributed by atoms with Gasteiger partial charge in [0.1, 0.15) is 0 Å². The van der Waals surface area contributed by atoms with E-state index in [0.717, 1.165) is 20.0 Å². The first-order valence-electron chi connectivity index (χ1n) is 3.29.